The van der Waals surface area contributed by atoms with Gasteiger partial charge in [0.15, 0.2) is 5.96 Å². The number of nitrogens with zero attached hydrogens (tertiary/aromatic N) is 4. The summed E-state index contributed by atoms with van der Waals surface area (Å²) in [7, 11) is 6.21. The molecule has 0 saturated carbocycles. The second-order valence-electron chi connectivity index (χ2n) is 5.72. The van der Waals surface area contributed by atoms with Crippen LogP contribution < -0.4 is 5.32 Å². The number of anilines is 1. The van der Waals surface area contributed by atoms with Crippen LogP contribution in [0.1, 0.15) is 5.56 Å². The summed E-state index contributed by atoms with van der Waals surface area (Å²) in [5.41, 5.74) is -0.727. The number of guanidine groups is 1. The molecule has 1 aromatic carbocycles. The van der Waals surface area contributed by atoms with Crippen molar-refractivity contribution >= 4 is 29.5 Å². The van der Waals surface area contributed by atoms with Crippen LogP contribution >= 0.6 is 0 Å². The Morgan fingerprint density at radius 1 is 1.04 bits per heavy atom. The summed E-state index contributed by atoms with van der Waals surface area (Å²) in [5.74, 6) is -0.931. The number of hydrogen-bond acceptors (Lipinski definition) is 6. The molecule has 0 aliphatic carbocycles. The monoisotopic (exact) mass is 315 g/mol. The van der Waals surface area contributed by atoms with Gasteiger partial charge in [0.05, 0.1) is 0 Å². The number of amides is 4. The molecular formula is C15H17N5O3. The largest absolute Gasteiger partial charge is 0.349 e. The van der Waals surface area contributed by atoms with E-state index in [2.05, 4.69) is 10.3 Å². The fourth-order valence-corrected chi connectivity index (χ4v) is 2.79. The first-order valence-corrected chi connectivity index (χ1v) is 7.04. The Labute approximate surface area is 133 Å². The van der Waals surface area contributed by atoms with Crippen molar-refractivity contribution in [2.75, 3.05) is 33.5 Å². The minimum Gasteiger partial charge on any atom is -0.349 e. The van der Waals surface area contributed by atoms with Crippen LogP contribution in [-0.2, 0) is 15.1 Å². The van der Waals surface area contributed by atoms with E-state index in [0.717, 1.165) is 9.80 Å². The van der Waals surface area contributed by atoms with Crippen LogP contribution in [0, 0.1) is 0 Å². The standard InChI is InChI=1S/C15H17N5O3/c1-18(2)13-16-10-8-6-5-7-9(10)15(17-13)11(21)19(3)14(23)20(4)12(15)22/h5-8H,1-4H3,(H,16,17). The van der Waals surface area contributed by atoms with Gasteiger partial charge in [0.1, 0.15) is 0 Å². The first kappa shape index (κ1) is 15.0. The Bertz CT molecular complexity index is 731. The van der Waals surface area contributed by atoms with Gasteiger partial charge in [-0.15, -0.1) is 0 Å². The number of nitrogens with one attached hydrogen (secondary N) is 1. The highest BCUT2D eigenvalue weighted by Crippen LogP contribution is 2.40. The summed E-state index contributed by atoms with van der Waals surface area (Å²) in [6, 6.07) is 6.31. The average Bonchev–Trinajstić information content (AvgIpc) is 2.56. The van der Waals surface area contributed by atoms with Crippen molar-refractivity contribution in [2.24, 2.45) is 4.99 Å². The molecule has 2 aliphatic rings. The maximum Gasteiger partial charge on any atom is 0.333 e. The molecule has 1 aromatic rings. The predicted octanol–water partition coefficient (Wildman–Crippen LogP) is 0.275. The van der Waals surface area contributed by atoms with Crippen LogP contribution in [0.2, 0.25) is 0 Å². The number of carbonyl (C=O) groups excluding carboxylic acids is 3. The highest BCUT2D eigenvalue weighted by Gasteiger charge is 2.59. The molecule has 8 heteroatoms. The number of hydrogen-bond donors (Lipinski definition) is 1. The third-order valence-electron chi connectivity index (χ3n) is 4.06. The normalized spacial score (nSPS) is 19.5. The van der Waals surface area contributed by atoms with Gasteiger partial charge in [0.25, 0.3) is 11.8 Å². The summed E-state index contributed by atoms with van der Waals surface area (Å²) in [4.78, 5) is 45.8. The van der Waals surface area contributed by atoms with Crippen LogP contribution in [0.15, 0.2) is 29.3 Å². The number of aliphatic imine (C=N–C) groups is 1. The van der Waals surface area contributed by atoms with E-state index >= 15 is 0 Å². The molecule has 0 bridgehead atoms. The molecule has 1 N–H and O–H groups in total. The lowest BCUT2D eigenvalue weighted by Gasteiger charge is -2.42. The fourth-order valence-electron chi connectivity index (χ4n) is 2.79. The number of benzene rings is 1. The Balaban J connectivity index is 2.31. The van der Waals surface area contributed by atoms with Crippen LogP contribution in [0.5, 0.6) is 0 Å². The molecule has 0 unspecified atom stereocenters. The van der Waals surface area contributed by atoms with E-state index in [-0.39, 0.29) is 0 Å². The Morgan fingerprint density at radius 2 is 1.61 bits per heavy atom. The Kier molecular flexibility index (Phi) is 3.13. The first-order valence-electron chi connectivity index (χ1n) is 7.04. The van der Waals surface area contributed by atoms with Crippen molar-refractivity contribution in [1.82, 2.24) is 14.7 Å². The highest BCUT2D eigenvalue weighted by molar-refractivity contribution is 6.24. The number of urea groups is 1. The van der Waals surface area contributed by atoms with Gasteiger partial charge in [0, 0.05) is 39.4 Å². The zero-order chi connectivity index (χ0) is 16.9. The van der Waals surface area contributed by atoms with Gasteiger partial charge in [-0.05, 0) is 6.07 Å². The van der Waals surface area contributed by atoms with Crippen LogP contribution in [0.4, 0.5) is 10.5 Å². The fraction of sp³-hybridized carbons (Fsp3) is 0.333. The molecule has 4 amide bonds. The van der Waals surface area contributed by atoms with Gasteiger partial charge in [0.2, 0.25) is 5.54 Å². The van der Waals surface area contributed by atoms with Crippen molar-refractivity contribution < 1.29 is 14.4 Å². The lowest BCUT2D eigenvalue weighted by molar-refractivity contribution is -0.150. The minimum atomic E-state index is -1.78. The smallest absolute Gasteiger partial charge is 0.333 e. The van der Waals surface area contributed by atoms with Gasteiger partial charge < -0.3 is 10.2 Å². The third kappa shape index (κ3) is 1.84. The lowest BCUT2D eigenvalue weighted by Crippen LogP contribution is -2.66. The van der Waals surface area contributed by atoms with E-state index in [1.54, 1.807) is 43.3 Å². The zero-order valence-electron chi connectivity index (χ0n) is 13.3. The maximum atomic E-state index is 12.9. The van der Waals surface area contributed by atoms with E-state index in [1.165, 1.54) is 14.1 Å². The molecule has 2 heterocycles. The Morgan fingerprint density at radius 3 is 2.17 bits per heavy atom. The number of likely N-dealkylation sites (N-methyl/N-ethyl adjacent to an activating group) is 2. The van der Waals surface area contributed by atoms with Gasteiger partial charge in [-0.1, -0.05) is 18.2 Å². The van der Waals surface area contributed by atoms with Gasteiger partial charge >= 0.3 is 6.03 Å². The molecule has 1 spiro atoms. The quantitative estimate of drug-likeness (QED) is 0.695. The highest BCUT2D eigenvalue weighted by atomic mass is 16.2. The van der Waals surface area contributed by atoms with Crippen LogP contribution in [0.25, 0.3) is 0 Å². The zero-order valence-corrected chi connectivity index (χ0v) is 13.3. The molecule has 1 saturated heterocycles. The minimum absolute atomic E-state index is 0.376. The first-order chi connectivity index (χ1) is 10.8. The Hall–Kier alpha value is -2.90. The molecule has 1 fully saturated rings. The molecular weight excluding hydrogens is 298 g/mol. The molecule has 23 heavy (non-hydrogen) atoms. The summed E-state index contributed by atoms with van der Waals surface area (Å²) in [5, 5.41) is 3.10. The number of para-hydroxylation sites is 1. The van der Waals surface area contributed by atoms with E-state index in [9.17, 15) is 14.4 Å². The average molecular weight is 315 g/mol. The topological polar surface area (TPSA) is 85.3 Å². The van der Waals surface area contributed by atoms with Crippen molar-refractivity contribution in [3.63, 3.8) is 0 Å². The second-order valence-corrected chi connectivity index (χ2v) is 5.72. The van der Waals surface area contributed by atoms with Crippen molar-refractivity contribution in [3.8, 4) is 0 Å². The van der Waals surface area contributed by atoms with Crippen LogP contribution in [-0.4, -0.2) is 66.7 Å². The molecule has 0 radical (unpaired) electrons. The number of imide groups is 2. The predicted molar refractivity (Wildman–Crippen MR) is 83.8 cm³/mol. The number of carbonyl (C=O) groups is 3. The van der Waals surface area contributed by atoms with Gasteiger partial charge in [-0.25, -0.2) is 9.79 Å². The second kappa shape index (κ2) is 4.80. The van der Waals surface area contributed by atoms with Crippen molar-refractivity contribution in [2.45, 2.75) is 5.54 Å². The van der Waals surface area contributed by atoms with Crippen molar-refractivity contribution in [3.05, 3.63) is 29.8 Å². The number of fused-ring (bicyclic) bond motifs is 2. The number of barbiturate groups is 1. The summed E-state index contributed by atoms with van der Waals surface area (Å²) < 4.78 is 0. The van der Waals surface area contributed by atoms with E-state index in [0.29, 0.717) is 17.2 Å². The lowest BCUT2D eigenvalue weighted by atomic mass is 9.83. The van der Waals surface area contributed by atoms with Gasteiger partial charge in [-0.2, -0.15) is 0 Å². The van der Waals surface area contributed by atoms with Crippen molar-refractivity contribution in [1.29, 1.82) is 0 Å². The van der Waals surface area contributed by atoms with E-state index in [4.69, 9.17) is 0 Å². The van der Waals surface area contributed by atoms with Gasteiger partial charge in [-0.3, -0.25) is 19.4 Å². The third-order valence-corrected chi connectivity index (χ3v) is 4.06. The molecule has 3 rings (SSSR count). The van der Waals surface area contributed by atoms with E-state index < -0.39 is 23.4 Å². The maximum absolute atomic E-state index is 12.9. The van der Waals surface area contributed by atoms with E-state index in [1.807, 2.05) is 0 Å². The molecule has 2 aliphatic heterocycles. The SMILES string of the molecule is CN(C)C1=NC2(C(=O)N(C)C(=O)N(C)C2=O)c2ccccc2N1. The summed E-state index contributed by atoms with van der Waals surface area (Å²) >= 11 is 0. The molecule has 0 aromatic heterocycles. The molecule has 8 nitrogen and oxygen atoms in total. The molecule has 0 atom stereocenters. The molecule has 120 valence electrons. The number of rotatable bonds is 0. The summed E-state index contributed by atoms with van der Waals surface area (Å²) in [6.45, 7) is 0. The summed E-state index contributed by atoms with van der Waals surface area (Å²) in [6.07, 6.45) is 0. The van der Waals surface area contributed by atoms with Crippen LogP contribution in [0.3, 0.4) is 0 Å².